The molecule has 0 fully saturated rings. The topological polar surface area (TPSA) is 55.7 Å². The first-order valence-electron chi connectivity index (χ1n) is 5.24. The van der Waals surface area contributed by atoms with Gasteiger partial charge < -0.3 is 4.74 Å². The number of allylic oxidation sites excluding steroid dienone is 3. The lowest BCUT2D eigenvalue weighted by molar-refractivity contribution is -0.135. The van der Waals surface area contributed by atoms with Gasteiger partial charge in [-0.2, -0.15) is 0 Å². The van der Waals surface area contributed by atoms with E-state index in [-0.39, 0.29) is 0 Å². The average Bonchev–Trinajstić information content (AvgIpc) is 2.36. The SMILES string of the molecule is C/C=C\C=C1\C=C(C(=O)OC)C=CC1(C)N=O. The van der Waals surface area contributed by atoms with Gasteiger partial charge in [0.2, 0.25) is 0 Å². The third-order valence-corrected chi connectivity index (χ3v) is 2.56. The summed E-state index contributed by atoms with van der Waals surface area (Å²) in [5.41, 5.74) is 0.134. The van der Waals surface area contributed by atoms with Crippen LogP contribution in [0.4, 0.5) is 0 Å². The van der Waals surface area contributed by atoms with Gasteiger partial charge in [-0.15, -0.1) is 4.91 Å². The zero-order chi connectivity index (χ0) is 12.9. The van der Waals surface area contributed by atoms with E-state index in [9.17, 15) is 9.70 Å². The molecule has 0 N–H and O–H groups in total. The van der Waals surface area contributed by atoms with E-state index in [2.05, 4.69) is 9.91 Å². The second-order valence-electron chi connectivity index (χ2n) is 3.81. The van der Waals surface area contributed by atoms with Crippen molar-refractivity contribution in [3.63, 3.8) is 0 Å². The molecule has 0 saturated heterocycles. The largest absolute Gasteiger partial charge is 0.465 e. The highest BCUT2D eigenvalue weighted by molar-refractivity contribution is 5.93. The van der Waals surface area contributed by atoms with E-state index in [0.717, 1.165) is 0 Å². The van der Waals surface area contributed by atoms with Crippen LogP contribution in [0.3, 0.4) is 0 Å². The molecule has 17 heavy (non-hydrogen) atoms. The fraction of sp³-hybridized carbons (Fsp3) is 0.308. The second kappa shape index (κ2) is 5.39. The minimum atomic E-state index is -0.934. The van der Waals surface area contributed by atoms with Crippen molar-refractivity contribution < 1.29 is 9.53 Å². The van der Waals surface area contributed by atoms with E-state index in [0.29, 0.717) is 11.1 Å². The highest BCUT2D eigenvalue weighted by Gasteiger charge is 2.30. The summed E-state index contributed by atoms with van der Waals surface area (Å²) < 4.78 is 4.63. The number of methoxy groups -OCH3 is 1. The molecule has 0 aromatic carbocycles. The van der Waals surface area contributed by atoms with Gasteiger partial charge in [0, 0.05) is 0 Å². The van der Waals surface area contributed by atoms with Gasteiger partial charge in [-0.25, -0.2) is 4.79 Å². The monoisotopic (exact) mass is 233 g/mol. The van der Waals surface area contributed by atoms with E-state index in [1.165, 1.54) is 7.11 Å². The van der Waals surface area contributed by atoms with Crippen LogP contribution in [0.15, 0.2) is 52.8 Å². The number of hydrogen-bond acceptors (Lipinski definition) is 4. The zero-order valence-electron chi connectivity index (χ0n) is 10.1. The Morgan fingerprint density at radius 2 is 2.24 bits per heavy atom. The van der Waals surface area contributed by atoms with E-state index in [1.54, 1.807) is 37.3 Å². The summed E-state index contributed by atoms with van der Waals surface area (Å²) in [6.45, 7) is 3.56. The van der Waals surface area contributed by atoms with Gasteiger partial charge in [0.15, 0.2) is 0 Å². The van der Waals surface area contributed by atoms with E-state index in [4.69, 9.17) is 0 Å². The summed E-state index contributed by atoms with van der Waals surface area (Å²) in [5.74, 6) is -0.430. The van der Waals surface area contributed by atoms with Crippen LogP contribution in [-0.2, 0) is 9.53 Å². The normalized spacial score (nSPS) is 26.1. The molecule has 1 rings (SSSR count). The van der Waals surface area contributed by atoms with E-state index >= 15 is 0 Å². The number of nitrogens with zero attached hydrogens (tertiary/aromatic N) is 1. The molecule has 4 heteroatoms. The van der Waals surface area contributed by atoms with Crippen molar-refractivity contribution in [2.75, 3.05) is 7.11 Å². The Kier molecular flexibility index (Phi) is 4.15. The molecule has 0 aliphatic heterocycles. The lowest BCUT2D eigenvalue weighted by Gasteiger charge is -2.22. The molecule has 0 aromatic heterocycles. The number of esters is 1. The smallest absolute Gasteiger partial charge is 0.337 e. The van der Waals surface area contributed by atoms with Gasteiger partial charge in [0.25, 0.3) is 0 Å². The lowest BCUT2D eigenvalue weighted by Crippen LogP contribution is -2.24. The Balaban J connectivity index is 3.18. The third kappa shape index (κ3) is 2.78. The molecular weight excluding hydrogens is 218 g/mol. The van der Waals surface area contributed by atoms with Crippen molar-refractivity contribution in [2.24, 2.45) is 5.18 Å². The first kappa shape index (κ1) is 13.1. The number of hydrogen-bond donors (Lipinski definition) is 0. The van der Waals surface area contributed by atoms with Crippen molar-refractivity contribution in [3.05, 3.63) is 52.5 Å². The standard InChI is InChI=1S/C13H15NO3/c1-4-5-6-11-9-10(12(15)17-3)7-8-13(11,2)14-16/h4-9H,1-3H3/b5-4-,11-6-. The average molecular weight is 233 g/mol. The van der Waals surface area contributed by atoms with Crippen LogP contribution in [-0.4, -0.2) is 18.6 Å². The van der Waals surface area contributed by atoms with Crippen molar-refractivity contribution in [1.82, 2.24) is 0 Å². The van der Waals surface area contributed by atoms with Crippen LogP contribution >= 0.6 is 0 Å². The fourth-order valence-corrected chi connectivity index (χ4v) is 1.45. The summed E-state index contributed by atoms with van der Waals surface area (Å²) >= 11 is 0. The minimum absolute atomic E-state index is 0.407. The summed E-state index contributed by atoms with van der Waals surface area (Å²) in [5, 5.41) is 3.10. The molecular formula is C13H15NO3. The lowest BCUT2D eigenvalue weighted by atomic mass is 9.86. The van der Waals surface area contributed by atoms with Crippen molar-refractivity contribution in [1.29, 1.82) is 0 Å². The Hall–Kier alpha value is -1.97. The number of carbonyl (C=O) groups excluding carboxylic acids is 1. The molecule has 0 amide bonds. The van der Waals surface area contributed by atoms with Crippen LogP contribution in [0.5, 0.6) is 0 Å². The molecule has 1 unspecified atom stereocenters. The maximum absolute atomic E-state index is 11.4. The van der Waals surface area contributed by atoms with Gasteiger partial charge >= 0.3 is 5.97 Å². The predicted molar refractivity (Wildman–Crippen MR) is 66.3 cm³/mol. The summed E-state index contributed by atoms with van der Waals surface area (Å²) in [4.78, 5) is 22.3. The molecule has 0 radical (unpaired) electrons. The molecule has 0 aromatic rings. The van der Waals surface area contributed by atoms with Crippen LogP contribution in [0.2, 0.25) is 0 Å². The van der Waals surface area contributed by atoms with Gasteiger partial charge in [-0.05, 0) is 37.6 Å². The van der Waals surface area contributed by atoms with Crippen molar-refractivity contribution in [2.45, 2.75) is 19.4 Å². The van der Waals surface area contributed by atoms with Gasteiger partial charge in [0.05, 0.1) is 12.7 Å². The maximum Gasteiger partial charge on any atom is 0.337 e. The van der Waals surface area contributed by atoms with Gasteiger partial charge in [-0.1, -0.05) is 23.4 Å². The van der Waals surface area contributed by atoms with Crippen LogP contribution in [0, 0.1) is 4.91 Å². The number of carbonyl (C=O) groups is 1. The third-order valence-electron chi connectivity index (χ3n) is 2.56. The van der Waals surface area contributed by atoms with Gasteiger partial charge in [0.1, 0.15) is 5.54 Å². The first-order chi connectivity index (χ1) is 8.07. The number of ether oxygens (including phenoxy) is 1. The molecule has 4 nitrogen and oxygen atoms in total. The Morgan fingerprint density at radius 1 is 1.53 bits per heavy atom. The Labute approximate surface area is 100 Å². The molecule has 1 aliphatic rings. The summed E-state index contributed by atoms with van der Waals surface area (Å²) in [7, 11) is 1.32. The molecule has 90 valence electrons. The van der Waals surface area contributed by atoms with E-state index < -0.39 is 11.5 Å². The molecule has 0 saturated carbocycles. The fourth-order valence-electron chi connectivity index (χ4n) is 1.45. The van der Waals surface area contributed by atoms with Crippen molar-refractivity contribution in [3.8, 4) is 0 Å². The number of rotatable bonds is 3. The predicted octanol–water partition coefficient (Wildman–Crippen LogP) is 2.68. The minimum Gasteiger partial charge on any atom is -0.465 e. The maximum atomic E-state index is 11.4. The summed E-state index contributed by atoms with van der Waals surface area (Å²) in [6.07, 6.45) is 10.2. The quantitative estimate of drug-likeness (QED) is 0.556. The number of nitroso groups, excluding NO2 is 1. The summed E-state index contributed by atoms with van der Waals surface area (Å²) in [6, 6.07) is 0. The van der Waals surface area contributed by atoms with Crippen LogP contribution in [0.1, 0.15) is 13.8 Å². The van der Waals surface area contributed by atoms with Crippen molar-refractivity contribution >= 4 is 5.97 Å². The molecule has 0 bridgehead atoms. The first-order valence-corrected chi connectivity index (χ1v) is 5.24. The highest BCUT2D eigenvalue weighted by Crippen LogP contribution is 2.30. The Morgan fingerprint density at radius 3 is 2.76 bits per heavy atom. The second-order valence-corrected chi connectivity index (χ2v) is 3.81. The van der Waals surface area contributed by atoms with E-state index in [1.807, 2.05) is 13.0 Å². The highest BCUT2D eigenvalue weighted by atomic mass is 16.5. The molecule has 0 heterocycles. The molecule has 0 spiro atoms. The Bertz CT molecular complexity index is 444. The molecule has 1 atom stereocenters. The van der Waals surface area contributed by atoms with Crippen LogP contribution < -0.4 is 0 Å². The molecule has 1 aliphatic carbocycles. The van der Waals surface area contributed by atoms with Gasteiger partial charge in [-0.3, -0.25) is 0 Å². The zero-order valence-corrected chi connectivity index (χ0v) is 10.1. The van der Waals surface area contributed by atoms with Crippen LogP contribution in [0.25, 0.3) is 0 Å².